The van der Waals surface area contributed by atoms with Crippen molar-refractivity contribution in [3.63, 3.8) is 0 Å². The minimum absolute atomic E-state index is 0.413. The normalized spacial score (nSPS) is 17.4. The Hall–Kier alpha value is -2.11. The highest BCUT2D eigenvalue weighted by Gasteiger charge is 2.24. The molecule has 112 valence electrons. The second-order valence-electron chi connectivity index (χ2n) is 5.55. The van der Waals surface area contributed by atoms with Gasteiger partial charge in [0.2, 0.25) is 0 Å². The summed E-state index contributed by atoms with van der Waals surface area (Å²) in [7, 11) is 0. The van der Waals surface area contributed by atoms with Gasteiger partial charge >= 0.3 is 0 Å². The Morgan fingerprint density at radius 1 is 1.33 bits per heavy atom. The number of hydrogen-bond acceptors (Lipinski definition) is 5. The molecule has 1 atom stereocenters. The van der Waals surface area contributed by atoms with Crippen LogP contribution in [-0.4, -0.2) is 32.8 Å². The van der Waals surface area contributed by atoms with Gasteiger partial charge in [0.15, 0.2) is 5.82 Å². The number of anilines is 2. The third-order valence-corrected chi connectivity index (χ3v) is 3.97. The Kier molecular flexibility index (Phi) is 4.03. The number of tetrazole rings is 1. The van der Waals surface area contributed by atoms with Crippen LogP contribution in [0.5, 0.6) is 0 Å². The first-order valence-corrected chi connectivity index (χ1v) is 7.64. The molecule has 0 saturated heterocycles. The SMILES string of the molecule is CCCCn1nnnc1CN1c2ccccc2NCC1C. The minimum Gasteiger partial charge on any atom is -0.381 e. The van der Waals surface area contributed by atoms with E-state index in [2.05, 4.69) is 63.9 Å². The van der Waals surface area contributed by atoms with E-state index in [4.69, 9.17) is 0 Å². The summed E-state index contributed by atoms with van der Waals surface area (Å²) in [6, 6.07) is 8.82. The van der Waals surface area contributed by atoms with Gasteiger partial charge in [-0.25, -0.2) is 4.68 Å². The Bertz CT molecular complexity index is 593. The van der Waals surface area contributed by atoms with Gasteiger partial charge in [-0.2, -0.15) is 0 Å². The molecule has 1 unspecified atom stereocenters. The molecule has 2 aromatic rings. The fraction of sp³-hybridized carbons (Fsp3) is 0.533. The maximum absolute atomic E-state index is 4.21. The Morgan fingerprint density at radius 2 is 2.19 bits per heavy atom. The molecule has 0 amide bonds. The quantitative estimate of drug-likeness (QED) is 0.914. The number of nitrogens with zero attached hydrogens (tertiary/aromatic N) is 5. The van der Waals surface area contributed by atoms with Gasteiger partial charge < -0.3 is 10.2 Å². The van der Waals surface area contributed by atoms with E-state index in [0.717, 1.165) is 38.3 Å². The molecular formula is C15H22N6. The zero-order valence-electron chi connectivity index (χ0n) is 12.7. The van der Waals surface area contributed by atoms with Crippen LogP contribution in [0.4, 0.5) is 11.4 Å². The molecule has 0 aliphatic carbocycles. The molecular weight excluding hydrogens is 264 g/mol. The molecule has 1 aliphatic heterocycles. The van der Waals surface area contributed by atoms with Gasteiger partial charge in [0.1, 0.15) is 0 Å². The number of para-hydroxylation sites is 2. The zero-order chi connectivity index (χ0) is 14.7. The van der Waals surface area contributed by atoms with Crippen LogP contribution in [0.2, 0.25) is 0 Å². The van der Waals surface area contributed by atoms with Crippen molar-refractivity contribution in [1.29, 1.82) is 0 Å². The van der Waals surface area contributed by atoms with Gasteiger partial charge in [-0.15, -0.1) is 5.10 Å². The number of nitrogens with one attached hydrogen (secondary N) is 1. The molecule has 1 aliphatic rings. The van der Waals surface area contributed by atoms with Gasteiger partial charge in [-0.1, -0.05) is 25.5 Å². The summed E-state index contributed by atoms with van der Waals surface area (Å²) in [6.07, 6.45) is 2.25. The molecule has 21 heavy (non-hydrogen) atoms. The summed E-state index contributed by atoms with van der Waals surface area (Å²) in [6.45, 7) is 6.98. The van der Waals surface area contributed by atoms with E-state index in [0.29, 0.717) is 6.04 Å². The number of aryl methyl sites for hydroxylation is 1. The fourth-order valence-electron chi connectivity index (χ4n) is 2.69. The smallest absolute Gasteiger partial charge is 0.170 e. The van der Waals surface area contributed by atoms with Crippen LogP contribution < -0.4 is 10.2 Å². The topological polar surface area (TPSA) is 58.9 Å². The first kappa shape index (κ1) is 13.9. The lowest BCUT2D eigenvalue weighted by Gasteiger charge is -2.37. The van der Waals surface area contributed by atoms with Crippen LogP contribution in [0.3, 0.4) is 0 Å². The van der Waals surface area contributed by atoms with Crippen molar-refractivity contribution in [2.24, 2.45) is 0 Å². The van der Waals surface area contributed by atoms with Gasteiger partial charge in [-0.05, 0) is 35.9 Å². The summed E-state index contributed by atoms with van der Waals surface area (Å²) in [5.74, 6) is 0.937. The van der Waals surface area contributed by atoms with Crippen molar-refractivity contribution < 1.29 is 0 Å². The Labute approximate surface area is 125 Å². The van der Waals surface area contributed by atoms with Crippen LogP contribution in [0.25, 0.3) is 0 Å². The first-order chi connectivity index (χ1) is 10.3. The molecule has 0 fully saturated rings. The van der Waals surface area contributed by atoms with Gasteiger partial charge in [0.25, 0.3) is 0 Å². The van der Waals surface area contributed by atoms with Crippen LogP contribution in [0.15, 0.2) is 24.3 Å². The lowest BCUT2D eigenvalue weighted by molar-refractivity contribution is 0.519. The summed E-state index contributed by atoms with van der Waals surface area (Å²) in [5, 5.41) is 15.6. The van der Waals surface area contributed by atoms with Crippen molar-refractivity contribution in [3.8, 4) is 0 Å². The third-order valence-electron chi connectivity index (χ3n) is 3.97. The lowest BCUT2D eigenvalue weighted by Crippen LogP contribution is -2.42. The zero-order valence-corrected chi connectivity index (χ0v) is 12.7. The predicted molar refractivity (Wildman–Crippen MR) is 83.3 cm³/mol. The van der Waals surface area contributed by atoms with Crippen molar-refractivity contribution >= 4 is 11.4 Å². The molecule has 1 aromatic heterocycles. The predicted octanol–water partition coefficient (Wildman–Crippen LogP) is 2.29. The maximum Gasteiger partial charge on any atom is 0.170 e. The first-order valence-electron chi connectivity index (χ1n) is 7.64. The monoisotopic (exact) mass is 286 g/mol. The minimum atomic E-state index is 0.413. The molecule has 1 aromatic carbocycles. The molecule has 0 bridgehead atoms. The van der Waals surface area contributed by atoms with E-state index >= 15 is 0 Å². The number of unbranched alkanes of at least 4 members (excludes halogenated alkanes) is 1. The molecule has 6 nitrogen and oxygen atoms in total. The van der Waals surface area contributed by atoms with Crippen molar-refractivity contribution in [2.45, 2.75) is 45.8 Å². The van der Waals surface area contributed by atoms with Crippen LogP contribution in [-0.2, 0) is 13.1 Å². The van der Waals surface area contributed by atoms with E-state index in [1.165, 1.54) is 11.4 Å². The van der Waals surface area contributed by atoms with Gasteiger partial charge in [-0.3, -0.25) is 0 Å². The van der Waals surface area contributed by atoms with Crippen LogP contribution in [0.1, 0.15) is 32.5 Å². The van der Waals surface area contributed by atoms with Crippen LogP contribution >= 0.6 is 0 Å². The molecule has 1 N–H and O–H groups in total. The molecule has 3 rings (SSSR count). The number of benzene rings is 1. The number of aromatic nitrogens is 4. The Morgan fingerprint density at radius 3 is 3.05 bits per heavy atom. The number of fused-ring (bicyclic) bond motifs is 1. The lowest BCUT2D eigenvalue weighted by atomic mass is 10.1. The summed E-state index contributed by atoms with van der Waals surface area (Å²) in [4.78, 5) is 2.37. The van der Waals surface area contributed by atoms with Gasteiger partial charge in [0, 0.05) is 19.1 Å². The largest absolute Gasteiger partial charge is 0.381 e. The molecule has 0 radical (unpaired) electrons. The molecule has 6 heteroatoms. The van der Waals surface area contributed by atoms with Crippen molar-refractivity contribution in [3.05, 3.63) is 30.1 Å². The second-order valence-corrected chi connectivity index (χ2v) is 5.55. The summed E-state index contributed by atoms with van der Waals surface area (Å²) < 4.78 is 1.93. The molecule has 2 heterocycles. The van der Waals surface area contributed by atoms with E-state index in [1.807, 2.05) is 4.68 Å². The molecule has 0 spiro atoms. The molecule has 0 saturated carbocycles. The van der Waals surface area contributed by atoms with E-state index in [-0.39, 0.29) is 0 Å². The summed E-state index contributed by atoms with van der Waals surface area (Å²) >= 11 is 0. The Balaban J connectivity index is 1.83. The van der Waals surface area contributed by atoms with E-state index in [1.54, 1.807) is 0 Å². The average molecular weight is 286 g/mol. The second kappa shape index (κ2) is 6.11. The fourth-order valence-corrected chi connectivity index (χ4v) is 2.69. The van der Waals surface area contributed by atoms with E-state index < -0.39 is 0 Å². The van der Waals surface area contributed by atoms with Crippen LogP contribution in [0, 0.1) is 0 Å². The van der Waals surface area contributed by atoms with Crippen molar-refractivity contribution in [1.82, 2.24) is 20.2 Å². The summed E-state index contributed by atoms with van der Waals surface area (Å²) in [5.41, 5.74) is 2.41. The van der Waals surface area contributed by atoms with Gasteiger partial charge in [0.05, 0.1) is 17.9 Å². The van der Waals surface area contributed by atoms with Crippen molar-refractivity contribution in [2.75, 3.05) is 16.8 Å². The highest BCUT2D eigenvalue weighted by molar-refractivity contribution is 5.72. The standard InChI is InChI=1S/C15H22N6/c1-3-4-9-21-15(17-18-19-21)11-20-12(2)10-16-13-7-5-6-8-14(13)20/h5-8,12,16H,3-4,9-11H2,1-2H3. The third kappa shape index (κ3) is 2.84. The highest BCUT2D eigenvalue weighted by atomic mass is 15.5. The highest BCUT2D eigenvalue weighted by Crippen LogP contribution is 2.31. The van der Waals surface area contributed by atoms with E-state index in [9.17, 15) is 0 Å². The maximum atomic E-state index is 4.21. The average Bonchev–Trinajstić information content (AvgIpc) is 2.95. The number of hydrogen-bond donors (Lipinski definition) is 1. The number of rotatable bonds is 5.